The van der Waals surface area contributed by atoms with Crippen molar-refractivity contribution in [3.8, 4) is 11.4 Å². The highest BCUT2D eigenvalue weighted by molar-refractivity contribution is 5.85. The quantitative estimate of drug-likeness (QED) is 0.918. The highest BCUT2D eigenvalue weighted by Gasteiger charge is 2.22. The Labute approximate surface area is 148 Å². The van der Waals surface area contributed by atoms with Crippen molar-refractivity contribution >= 4 is 18.1 Å². The van der Waals surface area contributed by atoms with Gasteiger partial charge in [-0.25, -0.2) is 0 Å². The molecule has 2 aliphatic heterocycles. The molecule has 2 fully saturated rings. The normalized spacial score (nSPS) is 21.3. The minimum absolute atomic E-state index is 0. The summed E-state index contributed by atoms with van der Waals surface area (Å²) in [5.41, 5.74) is 2.25. The molecule has 1 N–H and O–H groups in total. The van der Waals surface area contributed by atoms with Crippen LogP contribution in [0.1, 0.15) is 31.3 Å². The predicted molar refractivity (Wildman–Crippen MR) is 94.6 cm³/mol. The maximum absolute atomic E-state index is 5.65. The molecular formula is C17H23ClN4O2. The van der Waals surface area contributed by atoms with Crippen LogP contribution in [0.2, 0.25) is 0 Å². The van der Waals surface area contributed by atoms with Gasteiger partial charge < -0.3 is 19.5 Å². The van der Waals surface area contributed by atoms with Crippen molar-refractivity contribution in [1.82, 2.24) is 15.5 Å². The van der Waals surface area contributed by atoms with E-state index in [1.807, 2.05) is 0 Å². The number of ether oxygens (including phenoxy) is 1. The first-order valence-electron chi connectivity index (χ1n) is 8.41. The highest BCUT2D eigenvalue weighted by atomic mass is 35.5. The van der Waals surface area contributed by atoms with Gasteiger partial charge in [0.1, 0.15) is 6.10 Å². The largest absolute Gasteiger partial charge is 0.372 e. The van der Waals surface area contributed by atoms with E-state index in [0.717, 1.165) is 31.7 Å². The van der Waals surface area contributed by atoms with Gasteiger partial charge in [-0.15, -0.1) is 12.4 Å². The summed E-state index contributed by atoms with van der Waals surface area (Å²) in [5, 5.41) is 7.36. The second-order valence-corrected chi connectivity index (χ2v) is 6.11. The number of piperidine rings is 1. The second kappa shape index (κ2) is 7.96. The summed E-state index contributed by atoms with van der Waals surface area (Å²) in [4.78, 5) is 6.93. The first-order valence-corrected chi connectivity index (χ1v) is 8.41. The van der Waals surface area contributed by atoms with E-state index >= 15 is 0 Å². The van der Waals surface area contributed by atoms with Crippen LogP contribution < -0.4 is 10.2 Å². The Morgan fingerprint density at radius 1 is 1.08 bits per heavy atom. The highest BCUT2D eigenvalue weighted by Crippen LogP contribution is 2.25. The molecule has 3 heterocycles. The van der Waals surface area contributed by atoms with Crippen LogP contribution in [0.5, 0.6) is 0 Å². The minimum Gasteiger partial charge on any atom is -0.372 e. The SMILES string of the molecule is Cl.c1cc(N2CCCCC2)ccc1-c1noc([C@H]2CNCCO2)n1. The Hall–Kier alpha value is -1.63. The number of nitrogens with one attached hydrogen (secondary N) is 1. The monoisotopic (exact) mass is 350 g/mol. The fourth-order valence-corrected chi connectivity index (χ4v) is 3.18. The van der Waals surface area contributed by atoms with Gasteiger partial charge in [-0.1, -0.05) is 5.16 Å². The standard InChI is InChI=1S/C17H22N4O2.ClH/c1-2-9-21(10-3-1)14-6-4-13(5-7-14)16-19-17(23-20-16)15-12-18-8-11-22-15;/h4-7,15,18H,1-3,8-12H2;1H/t15-;/m1./s1. The van der Waals surface area contributed by atoms with Gasteiger partial charge in [0.05, 0.1) is 6.61 Å². The zero-order valence-electron chi connectivity index (χ0n) is 13.6. The van der Waals surface area contributed by atoms with Gasteiger partial charge in [0.15, 0.2) is 0 Å². The van der Waals surface area contributed by atoms with Gasteiger partial charge in [0.25, 0.3) is 5.89 Å². The van der Waals surface area contributed by atoms with E-state index < -0.39 is 0 Å². The molecule has 0 spiro atoms. The number of hydrogen-bond acceptors (Lipinski definition) is 6. The van der Waals surface area contributed by atoms with Crippen molar-refractivity contribution < 1.29 is 9.26 Å². The van der Waals surface area contributed by atoms with Crippen molar-refractivity contribution in [3.63, 3.8) is 0 Å². The molecule has 2 saturated heterocycles. The molecular weight excluding hydrogens is 328 g/mol. The maximum Gasteiger partial charge on any atom is 0.257 e. The van der Waals surface area contributed by atoms with E-state index in [0.29, 0.717) is 18.3 Å². The molecule has 2 aromatic rings. The number of benzene rings is 1. The summed E-state index contributed by atoms with van der Waals surface area (Å²) in [6, 6.07) is 8.43. The Kier molecular flexibility index (Phi) is 5.71. The lowest BCUT2D eigenvalue weighted by Crippen LogP contribution is -2.33. The smallest absolute Gasteiger partial charge is 0.257 e. The van der Waals surface area contributed by atoms with Crippen molar-refractivity contribution in [2.45, 2.75) is 25.4 Å². The molecule has 0 unspecified atom stereocenters. The van der Waals surface area contributed by atoms with E-state index in [1.165, 1.54) is 24.9 Å². The predicted octanol–water partition coefficient (Wildman–Crippen LogP) is 2.81. The van der Waals surface area contributed by atoms with Crippen LogP contribution in [-0.2, 0) is 4.74 Å². The number of rotatable bonds is 3. The molecule has 6 nitrogen and oxygen atoms in total. The second-order valence-electron chi connectivity index (χ2n) is 6.11. The maximum atomic E-state index is 5.65. The molecule has 0 amide bonds. The summed E-state index contributed by atoms with van der Waals surface area (Å²) >= 11 is 0. The first kappa shape index (κ1) is 17.2. The fraction of sp³-hybridized carbons (Fsp3) is 0.529. The Morgan fingerprint density at radius 2 is 1.88 bits per heavy atom. The summed E-state index contributed by atoms with van der Waals surface area (Å²) < 4.78 is 11.0. The Bertz CT molecular complexity index is 634. The topological polar surface area (TPSA) is 63.4 Å². The van der Waals surface area contributed by atoms with Crippen LogP contribution in [-0.4, -0.2) is 42.9 Å². The van der Waals surface area contributed by atoms with E-state index in [4.69, 9.17) is 9.26 Å². The number of nitrogens with zero attached hydrogens (tertiary/aromatic N) is 3. The first-order chi connectivity index (χ1) is 11.4. The molecule has 1 aromatic heterocycles. The van der Waals surface area contributed by atoms with Crippen molar-refractivity contribution in [1.29, 1.82) is 0 Å². The van der Waals surface area contributed by atoms with Gasteiger partial charge in [-0.3, -0.25) is 0 Å². The zero-order chi connectivity index (χ0) is 15.5. The molecule has 130 valence electrons. The van der Waals surface area contributed by atoms with Crippen LogP contribution in [0.25, 0.3) is 11.4 Å². The zero-order valence-corrected chi connectivity index (χ0v) is 14.4. The number of aromatic nitrogens is 2. The molecule has 24 heavy (non-hydrogen) atoms. The lowest BCUT2D eigenvalue weighted by atomic mass is 10.1. The molecule has 4 rings (SSSR count). The van der Waals surface area contributed by atoms with Gasteiger partial charge in [-0.2, -0.15) is 4.98 Å². The van der Waals surface area contributed by atoms with Gasteiger partial charge in [0.2, 0.25) is 5.82 Å². The van der Waals surface area contributed by atoms with E-state index in [1.54, 1.807) is 0 Å². The molecule has 1 aromatic carbocycles. The fourth-order valence-electron chi connectivity index (χ4n) is 3.18. The van der Waals surface area contributed by atoms with Crippen molar-refractivity contribution in [3.05, 3.63) is 30.2 Å². The summed E-state index contributed by atoms with van der Waals surface area (Å²) in [6.45, 7) is 4.56. The molecule has 0 saturated carbocycles. The third-order valence-corrected chi connectivity index (χ3v) is 4.49. The minimum atomic E-state index is -0.141. The van der Waals surface area contributed by atoms with Crippen molar-refractivity contribution in [2.24, 2.45) is 0 Å². The summed E-state index contributed by atoms with van der Waals surface area (Å²) in [5.74, 6) is 1.17. The Morgan fingerprint density at radius 3 is 2.58 bits per heavy atom. The van der Waals surface area contributed by atoms with E-state index in [2.05, 4.69) is 44.6 Å². The molecule has 7 heteroatoms. The van der Waals surface area contributed by atoms with Crippen LogP contribution in [0, 0.1) is 0 Å². The molecule has 1 atom stereocenters. The number of anilines is 1. The average Bonchev–Trinajstić information content (AvgIpc) is 3.14. The number of morpholine rings is 1. The summed E-state index contributed by atoms with van der Waals surface area (Å²) in [6.07, 6.45) is 3.77. The van der Waals surface area contributed by atoms with Gasteiger partial charge in [-0.05, 0) is 43.5 Å². The van der Waals surface area contributed by atoms with E-state index in [9.17, 15) is 0 Å². The van der Waals surface area contributed by atoms with Crippen LogP contribution in [0.15, 0.2) is 28.8 Å². The Balaban J connectivity index is 0.00000169. The third kappa shape index (κ3) is 3.71. The van der Waals surface area contributed by atoms with Crippen LogP contribution in [0.4, 0.5) is 5.69 Å². The molecule has 2 aliphatic rings. The summed E-state index contributed by atoms with van der Waals surface area (Å²) in [7, 11) is 0. The molecule has 0 radical (unpaired) electrons. The lowest BCUT2D eigenvalue weighted by molar-refractivity contribution is 0.00755. The molecule has 0 bridgehead atoms. The van der Waals surface area contributed by atoms with Crippen molar-refractivity contribution in [2.75, 3.05) is 37.7 Å². The third-order valence-electron chi connectivity index (χ3n) is 4.49. The lowest BCUT2D eigenvalue weighted by Gasteiger charge is -2.28. The number of halogens is 1. The van der Waals surface area contributed by atoms with Crippen LogP contribution >= 0.6 is 12.4 Å². The van der Waals surface area contributed by atoms with E-state index in [-0.39, 0.29) is 18.5 Å². The van der Waals surface area contributed by atoms with Gasteiger partial charge in [0, 0.05) is 37.4 Å². The van der Waals surface area contributed by atoms with Gasteiger partial charge >= 0.3 is 0 Å². The number of hydrogen-bond donors (Lipinski definition) is 1. The van der Waals surface area contributed by atoms with Crippen LogP contribution in [0.3, 0.4) is 0 Å². The average molecular weight is 351 g/mol. The molecule has 0 aliphatic carbocycles.